The lowest BCUT2D eigenvalue weighted by Gasteiger charge is -2.39. The lowest BCUT2D eigenvalue weighted by Crippen LogP contribution is -2.53. The van der Waals surface area contributed by atoms with E-state index in [9.17, 15) is 26.4 Å². The van der Waals surface area contributed by atoms with Crippen LogP contribution in [0.25, 0.3) is 0 Å². The SMILES string of the molecule is CCn1cnc(S(=O)(=O)N2CCC[C@@H](C(=O)N3CCN(c4cccc(C(F)(F)F)c4)CC3)C2)c1. The number of nitrogens with zero attached hydrogens (tertiary/aromatic N) is 5. The Morgan fingerprint density at radius 2 is 1.88 bits per heavy atom. The number of amides is 1. The molecule has 1 aromatic carbocycles. The van der Waals surface area contributed by atoms with Crippen molar-refractivity contribution in [2.75, 3.05) is 44.2 Å². The number of aryl methyl sites for hydroxylation is 1. The number of halogens is 3. The molecule has 2 aliphatic heterocycles. The zero-order valence-electron chi connectivity index (χ0n) is 18.9. The number of carbonyl (C=O) groups is 1. The third-order valence-corrected chi connectivity index (χ3v) is 8.19. The summed E-state index contributed by atoms with van der Waals surface area (Å²) < 4.78 is 68.1. The number of aromatic nitrogens is 2. The molecule has 0 aliphatic carbocycles. The maximum absolute atomic E-state index is 13.2. The van der Waals surface area contributed by atoms with Crippen molar-refractivity contribution in [3.05, 3.63) is 42.4 Å². The van der Waals surface area contributed by atoms with Crippen LogP contribution in [0.15, 0.2) is 41.8 Å². The third kappa shape index (κ3) is 5.07. The third-order valence-electron chi connectivity index (χ3n) is 6.44. The van der Waals surface area contributed by atoms with Crippen molar-refractivity contribution in [1.82, 2.24) is 18.8 Å². The minimum atomic E-state index is -4.41. The van der Waals surface area contributed by atoms with Gasteiger partial charge in [0.2, 0.25) is 5.91 Å². The van der Waals surface area contributed by atoms with E-state index in [1.54, 1.807) is 15.5 Å². The highest BCUT2D eigenvalue weighted by atomic mass is 32.2. The van der Waals surface area contributed by atoms with Gasteiger partial charge in [0.1, 0.15) is 0 Å². The lowest BCUT2D eigenvalue weighted by molar-refractivity contribution is -0.137. The Morgan fingerprint density at radius 3 is 2.53 bits per heavy atom. The molecule has 1 aromatic heterocycles. The molecule has 0 saturated carbocycles. The van der Waals surface area contributed by atoms with E-state index in [1.165, 1.54) is 22.9 Å². The normalized spacial score (nSPS) is 20.5. The summed E-state index contributed by atoms with van der Waals surface area (Å²) in [6.45, 7) is 4.52. The predicted octanol–water partition coefficient (Wildman–Crippen LogP) is 2.67. The maximum atomic E-state index is 13.2. The second-order valence-corrected chi connectivity index (χ2v) is 10.5. The van der Waals surface area contributed by atoms with Crippen molar-refractivity contribution < 1.29 is 26.4 Å². The summed E-state index contributed by atoms with van der Waals surface area (Å²) in [4.78, 5) is 20.7. The first-order valence-electron chi connectivity index (χ1n) is 11.3. The molecule has 0 spiro atoms. The Morgan fingerprint density at radius 1 is 1.15 bits per heavy atom. The van der Waals surface area contributed by atoms with Gasteiger partial charge in [-0.15, -0.1) is 0 Å². The van der Waals surface area contributed by atoms with Gasteiger partial charge < -0.3 is 14.4 Å². The van der Waals surface area contributed by atoms with Crippen LogP contribution in [0.5, 0.6) is 0 Å². The number of alkyl halides is 3. The summed E-state index contributed by atoms with van der Waals surface area (Å²) in [6, 6.07) is 5.19. The van der Waals surface area contributed by atoms with Gasteiger partial charge >= 0.3 is 6.18 Å². The van der Waals surface area contributed by atoms with Crippen LogP contribution in [-0.2, 0) is 27.5 Å². The van der Waals surface area contributed by atoms with Crippen molar-refractivity contribution in [2.45, 2.75) is 37.5 Å². The molecule has 0 N–H and O–H groups in total. The first-order chi connectivity index (χ1) is 16.1. The van der Waals surface area contributed by atoms with E-state index >= 15 is 0 Å². The van der Waals surface area contributed by atoms with Gasteiger partial charge in [-0.25, -0.2) is 13.4 Å². The standard InChI is InChI=1S/C22H28F3N5O3S/c1-2-27-15-20(26-16-27)34(32,33)30-8-4-5-17(14-30)21(31)29-11-9-28(10-12-29)19-7-3-6-18(13-19)22(23,24)25/h3,6-7,13,15-17H,2,4-5,8-12,14H2,1H3/t17-/m1/s1. The lowest BCUT2D eigenvalue weighted by atomic mass is 9.97. The molecule has 186 valence electrons. The number of rotatable bonds is 5. The van der Waals surface area contributed by atoms with Gasteiger partial charge in [-0.2, -0.15) is 17.5 Å². The van der Waals surface area contributed by atoms with Crippen LogP contribution in [-0.4, -0.2) is 72.3 Å². The molecule has 2 saturated heterocycles. The number of carbonyl (C=O) groups excluding carboxylic acids is 1. The van der Waals surface area contributed by atoms with Crippen molar-refractivity contribution in [2.24, 2.45) is 5.92 Å². The molecule has 2 aliphatic rings. The monoisotopic (exact) mass is 499 g/mol. The highest BCUT2D eigenvalue weighted by Gasteiger charge is 2.37. The number of sulfonamides is 1. The summed E-state index contributed by atoms with van der Waals surface area (Å²) in [5.74, 6) is -0.556. The van der Waals surface area contributed by atoms with Crippen molar-refractivity contribution in [3.8, 4) is 0 Å². The van der Waals surface area contributed by atoms with E-state index < -0.39 is 27.7 Å². The van der Waals surface area contributed by atoms with Gasteiger partial charge in [0, 0.05) is 57.7 Å². The smallest absolute Gasteiger partial charge is 0.368 e. The summed E-state index contributed by atoms with van der Waals surface area (Å²) in [5, 5.41) is -0.0165. The molecule has 8 nitrogen and oxygen atoms in total. The Labute approximate surface area is 197 Å². The highest BCUT2D eigenvalue weighted by molar-refractivity contribution is 7.89. The Bertz CT molecular complexity index is 1130. The molecule has 1 atom stereocenters. The summed E-state index contributed by atoms with van der Waals surface area (Å²) in [5.41, 5.74) is -0.223. The molecule has 34 heavy (non-hydrogen) atoms. The molecular formula is C22H28F3N5O3S. The second kappa shape index (κ2) is 9.57. The van der Waals surface area contributed by atoms with Crippen molar-refractivity contribution in [3.63, 3.8) is 0 Å². The molecule has 0 radical (unpaired) electrons. The van der Waals surface area contributed by atoms with Gasteiger partial charge in [0.15, 0.2) is 5.03 Å². The molecule has 12 heteroatoms. The zero-order chi connectivity index (χ0) is 24.5. The van der Waals surface area contributed by atoms with Gasteiger partial charge in [-0.05, 0) is 38.0 Å². The Hall–Kier alpha value is -2.60. The van der Waals surface area contributed by atoms with E-state index in [4.69, 9.17) is 0 Å². The number of anilines is 1. The number of hydrogen-bond donors (Lipinski definition) is 0. The van der Waals surface area contributed by atoms with Gasteiger partial charge in [0.25, 0.3) is 10.0 Å². The van der Waals surface area contributed by atoms with Crippen LogP contribution in [0.3, 0.4) is 0 Å². The van der Waals surface area contributed by atoms with Crippen molar-refractivity contribution >= 4 is 21.6 Å². The first-order valence-corrected chi connectivity index (χ1v) is 12.8. The van der Waals surface area contributed by atoms with Crippen LogP contribution in [0.1, 0.15) is 25.3 Å². The number of piperazine rings is 1. The second-order valence-electron chi connectivity index (χ2n) is 8.60. The minimum absolute atomic E-state index is 0.0165. The number of imidazole rings is 1. The van der Waals surface area contributed by atoms with Crippen molar-refractivity contribution in [1.29, 1.82) is 0 Å². The largest absolute Gasteiger partial charge is 0.416 e. The molecule has 3 heterocycles. The summed E-state index contributed by atoms with van der Waals surface area (Å²) in [6.07, 6.45) is -0.261. The number of hydrogen-bond acceptors (Lipinski definition) is 5. The van der Waals surface area contributed by atoms with Crippen LogP contribution in [0, 0.1) is 5.92 Å². The minimum Gasteiger partial charge on any atom is -0.368 e. The average Bonchev–Trinajstić information content (AvgIpc) is 3.34. The highest BCUT2D eigenvalue weighted by Crippen LogP contribution is 2.32. The van der Waals surface area contributed by atoms with E-state index in [0.717, 1.165) is 12.1 Å². The molecule has 0 unspecified atom stereocenters. The van der Waals surface area contributed by atoms with Gasteiger partial charge in [0.05, 0.1) is 17.8 Å². The van der Waals surface area contributed by atoms with Gasteiger partial charge in [-0.3, -0.25) is 4.79 Å². The molecule has 4 rings (SSSR count). The molecule has 0 bridgehead atoms. The predicted molar refractivity (Wildman–Crippen MR) is 120 cm³/mol. The fourth-order valence-corrected chi connectivity index (χ4v) is 5.92. The Balaban J connectivity index is 1.38. The van der Waals surface area contributed by atoms with E-state index in [1.807, 2.05) is 11.8 Å². The quantitative estimate of drug-likeness (QED) is 0.632. The average molecular weight is 500 g/mol. The number of benzene rings is 1. The van der Waals surface area contributed by atoms with Gasteiger partial charge in [-0.1, -0.05) is 6.07 Å². The van der Waals surface area contributed by atoms with E-state index in [2.05, 4.69) is 4.98 Å². The molecule has 2 aromatic rings. The number of piperidine rings is 1. The fourth-order valence-electron chi connectivity index (χ4n) is 4.46. The summed E-state index contributed by atoms with van der Waals surface area (Å²) >= 11 is 0. The van der Waals surface area contributed by atoms with Crippen LogP contribution < -0.4 is 4.90 Å². The van der Waals surface area contributed by atoms with E-state index in [-0.39, 0.29) is 17.5 Å². The van der Waals surface area contributed by atoms with E-state index in [0.29, 0.717) is 57.8 Å². The molecular weight excluding hydrogens is 471 g/mol. The van der Waals surface area contributed by atoms with Crippen LogP contribution in [0.2, 0.25) is 0 Å². The van der Waals surface area contributed by atoms with Crippen LogP contribution in [0.4, 0.5) is 18.9 Å². The fraction of sp³-hybridized carbons (Fsp3) is 0.545. The first kappa shape index (κ1) is 24.5. The maximum Gasteiger partial charge on any atom is 0.416 e. The van der Waals surface area contributed by atoms with Crippen LogP contribution >= 0.6 is 0 Å². The summed E-state index contributed by atoms with van der Waals surface area (Å²) in [7, 11) is -3.78. The molecule has 1 amide bonds. The Kier molecular flexibility index (Phi) is 6.90. The zero-order valence-corrected chi connectivity index (χ0v) is 19.7. The topological polar surface area (TPSA) is 78.8 Å². The molecule has 2 fully saturated rings.